The van der Waals surface area contributed by atoms with Crippen molar-refractivity contribution in [2.45, 2.75) is 38.1 Å². The number of piperidine rings is 1. The zero-order valence-electron chi connectivity index (χ0n) is 14.7. The van der Waals surface area contributed by atoms with Crippen LogP contribution in [0.2, 0.25) is 0 Å². The van der Waals surface area contributed by atoms with Crippen LogP contribution >= 0.6 is 0 Å². The van der Waals surface area contributed by atoms with Gasteiger partial charge in [-0.05, 0) is 43.4 Å². The summed E-state index contributed by atoms with van der Waals surface area (Å²) in [6, 6.07) is 7.08. The largest absolute Gasteiger partial charge is 0.478 e. The fourth-order valence-electron chi connectivity index (χ4n) is 3.99. The van der Waals surface area contributed by atoms with Crippen molar-refractivity contribution in [3.8, 4) is 0 Å². The summed E-state index contributed by atoms with van der Waals surface area (Å²) in [4.78, 5) is 30.3. The first kappa shape index (κ1) is 16.8. The molecule has 1 aliphatic carbocycles. The van der Waals surface area contributed by atoms with Crippen LogP contribution in [0.15, 0.2) is 43.0 Å². The number of carbonyl (C=O) groups is 2. The standard InChI is InChI=1S/C20H23N3O3/c24-18(25)16-5-3-15(4-6-16)17-2-1-10-23(12-17)19(26)20(7-8-20)13-22-11-9-21-14-22/h3-6,9,11,14,17H,1-2,7-8,10,12-13H2,(H,24,25)/t17-/m1/s1. The summed E-state index contributed by atoms with van der Waals surface area (Å²) in [7, 11) is 0. The summed E-state index contributed by atoms with van der Waals surface area (Å²) in [5.41, 5.74) is 1.16. The number of aromatic nitrogens is 2. The predicted octanol–water partition coefficient (Wildman–Crippen LogP) is 2.77. The third-order valence-electron chi connectivity index (χ3n) is 5.69. The molecule has 1 atom stereocenters. The SMILES string of the molecule is O=C(O)c1ccc([C@@H]2CCCN(C(=O)C3(Cn4ccnc4)CC3)C2)cc1. The Hall–Kier alpha value is -2.63. The van der Waals surface area contributed by atoms with Crippen molar-refractivity contribution in [1.82, 2.24) is 14.5 Å². The number of nitrogens with zero attached hydrogens (tertiary/aromatic N) is 3. The minimum absolute atomic E-state index is 0.254. The van der Waals surface area contributed by atoms with E-state index in [0.29, 0.717) is 12.1 Å². The first-order valence-corrected chi connectivity index (χ1v) is 9.16. The van der Waals surface area contributed by atoms with E-state index < -0.39 is 5.97 Å². The molecule has 2 aromatic rings. The van der Waals surface area contributed by atoms with E-state index in [9.17, 15) is 9.59 Å². The third kappa shape index (κ3) is 3.23. The number of hydrogen-bond acceptors (Lipinski definition) is 3. The van der Waals surface area contributed by atoms with Gasteiger partial charge < -0.3 is 14.6 Å². The first-order chi connectivity index (χ1) is 12.6. The molecule has 1 N–H and O–H groups in total. The summed E-state index contributed by atoms with van der Waals surface area (Å²) < 4.78 is 2.00. The number of amides is 1. The van der Waals surface area contributed by atoms with Crippen LogP contribution in [0.5, 0.6) is 0 Å². The topological polar surface area (TPSA) is 75.4 Å². The molecule has 2 fully saturated rings. The van der Waals surface area contributed by atoms with Crippen molar-refractivity contribution in [3.63, 3.8) is 0 Å². The maximum Gasteiger partial charge on any atom is 0.335 e. The van der Waals surface area contributed by atoms with Gasteiger partial charge in [-0.3, -0.25) is 4.79 Å². The molecule has 2 heterocycles. The minimum Gasteiger partial charge on any atom is -0.478 e. The Morgan fingerprint density at radius 2 is 2.00 bits per heavy atom. The zero-order valence-corrected chi connectivity index (χ0v) is 14.7. The number of carboxylic acid groups (broad SMARTS) is 1. The molecule has 6 heteroatoms. The van der Waals surface area contributed by atoms with Crippen molar-refractivity contribution < 1.29 is 14.7 Å². The van der Waals surface area contributed by atoms with Crippen LogP contribution in [0.3, 0.4) is 0 Å². The second kappa shape index (κ2) is 6.59. The fourth-order valence-corrected chi connectivity index (χ4v) is 3.99. The van der Waals surface area contributed by atoms with E-state index in [1.165, 1.54) is 0 Å². The highest BCUT2D eigenvalue weighted by atomic mass is 16.4. The molecule has 1 saturated heterocycles. The number of carbonyl (C=O) groups excluding carboxylic acids is 1. The van der Waals surface area contributed by atoms with Crippen molar-refractivity contribution in [1.29, 1.82) is 0 Å². The minimum atomic E-state index is -0.910. The Bertz CT molecular complexity index is 794. The quantitative estimate of drug-likeness (QED) is 0.897. The van der Waals surface area contributed by atoms with Gasteiger partial charge in [-0.25, -0.2) is 9.78 Å². The van der Waals surface area contributed by atoms with E-state index in [2.05, 4.69) is 4.98 Å². The number of likely N-dealkylation sites (tertiary alicyclic amines) is 1. The average molecular weight is 353 g/mol. The van der Waals surface area contributed by atoms with Crippen LogP contribution in [0.4, 0.5) is 0 Å². The summed E-state index contributed by atoms with van der Waals surface area (Å²) in [5.74, 6) is -0.371. The van der Waals surface area contributed by atoms with Crippen LogP contribution in [0.1, 0.15) is 47.5 Å². The Labute approximate surface area is 152 Å². The monoisotopic (exact) mass is 353 g/mol. The van der Waals surface area contributed by atoms with Crippen LogP contribution in [-0.4, -0.2) is 44.5 Å². The van der Waals surface area contributed by atoms with Crippen molar-refractivity contribution in [3.05, 3.63) is 54.1 Å². The average Bonchev–Trinajstić information content (AvgIpc) is 3.26. The summed E-state index contributed by atoms with van der Waals surface area (Å²) >= 11 is 0. The van der Waals surface area contributed by atoms with Gasteiger partial charge in [0, 0.05) is 37.9 Å². The second-order valence-electron chi connectivity index (χ2n) is 7.53. The number of hydrogen-bond donors (Lipinski definition) is 1. The molecule has 1 aromatic heterocycles. The van der Waals surface area contributed by atoms with Crippen LogP contribution < -0.4 is 0 Å². The summed E-state index contributed by atoms with van der Waals surface area (Å²) in [5, 5.41) is 9.04. The molecule has 26 heavy (non-hydrogen) atoms. The molecule has 0 radical (unpaired) electrons. The highest BCUT2D eigenvalue weighted by molar-refractivity contribution is 5.87. The maximum atomic E-state index is 13.1. The maximum absolute atomic E-state index is 13.1. The lowest BCUT2D eigenvalue weighted by Gasteiger charge is -2.35. The first-order valence-electron chi connectivity index (χ1n) is 9.16. The van der Waals surface area contributed by atoms with Gasteiger partial charge in [-0.15, -0.1) is 0 Å². The Kier molecular flexibility index (Phi) is 4.26. The van der Waals surface area contributed by atoms with Crippen LogP contribution in [0.25, 0.3) is 0 Å². The lowest BCUT2D eigenvalue weighted by Crippen LogP contribution is -2.44. The van der Waals surface area contributed by atoms with Gasteiger partial charge in [-0.2, -0.15) is 0 Å². The molecule has 0 unspecified atom stereocenters. The van der Waals surface area contributed by atoms with Gasteiger partial charge in [0.15, 0.2) is 0 Å². The van der Waals surface area contributed by atoms with E-state index >= 15 is 0 Å². The lowest BCUT2D eigenvalue weighted by atomic mass is 9.89. The van der Waals surface area contributed by atoms with Gasteiger partial charge in [0.25, 0.3) is 0 Å². The number of imidazole rings is 1. The third-order valence-corrected chi connectivity index (χ3v) is 5.69. The Morgan fingerprint density at radius 1 is 1.23 bits per heavy atom. The molecule has 1 saturated carbocycles. The fraction of sp³-hybridized carbons (Fsp3) is 0.450. The smallest absolute Gasteiger partial charge is 0.335 e. The lowest BCUT2D eigenvalue weighted by molar-refractivity contribution is -0.138. The van der Waals surface area contributed by atoms with Crippen LogP contribution in [-0.2, 0) is 11.3 Å². The van der Waals surface area contributed by atoms with E-state index in [1.54, 1.807) is 24.7 Å². The van der Waals surface area contributed by atoms with Gasteiger partial charge in [-0.1, -0.05) is 12.1 Å². The number of rotatable bonds is 5. The van der Waals surface area contributed by atoms with E-state index in [1.807, 2.05) is 27.8 Å². The molecule has 1 aromatic carbocycles. The van der Waals surface area contributed by atoms with Gasteiger partial charge in [0.2, 0.25) is 5.91 Å². The van der Waals surface area contributed by atoms with Crippen molar-refractivity contribution in [2.75, 3.05) is 13.1 Å². The van der Waals surface area contributed by atoms with E-state index in [4.69, 9.17) is 5.11 Å². The molecule has 0 bridgehead atoms. The van der Waals surface area contributed by atoms with Gasteiger partial charge in [0.1, 0.15) is 0 Å². The molecule has 4 rings (SSSR count). The summed E-state index contributed by atoms with van der Waals surface area (Å²) in [6.45, 7) is 2.24. The second-order valence-corrected chi connectivity index (χ2v) is 7.53. The molecule has 0 spiro atoms. The molecular formula is C20H23N3O3. The number of benzene rings is 1. The van der Waals surface area contributed by atoms with E-state index in [0.717, 1.165) is 44.3 Å². The highest BCUT2D eigenvalue weighted by Gasteiger charge is 2.52. The predicted molar refractivity (Wildman–Crippen MR) is 95.9 cm³/mol. The molecule has 1 amide bonds. The zero-order chi connectivity index (χ0) is 18.1. The van der Waals surface area contributed by atoms with Gasteiger partial charge in [0.05, 0.1) is 17.3 Å². The Morgan fingerprint density at radius 3 is 2.62 bits per heavy atom. The van der Waals surface area contributed by atoms with Crippen molar-refractivity contribution in [2.24, 2.45) is 5.41 Å². The Balaban J connectivity index is 1.44. The molecule has 6 nitrogen and oxygen atoms in total. The molecule has 1 aliphatic heterocycles. The molecular weight excluding hydrogens is 330 g/mol. The molecule has 136 valence electrons. The van der Waals surface area contributed by atoms with Crippen LogP contribution in [0, 0.1) is 5.41 Å². The van der Waals surface area contributed by atoms with E-state index in [-0.39, 0.29) is 17.2 Å². The summed E-state index contributed by atoms with van der Waals surface area (Å²) in [6.07, 6.45) is 9.34. The van der Waals surface area contributed by atoms with Gasteiger partial charge >= 0.3 is 5.97 Å². The highest BCUT2D eigenvalue weighted by Crippen LogP contribution is 2.49. The molecule has 2 aliphatic rings. The van der Waals surface area contributed by atoms with Crippen molar-refractivity contribution >= 4 is 11.9 Å². The number of carboxylic acids is 1. The normalized spacial score (nSPS) is 21.4. The number of aromatic carboxylic acids is 1.